The molecule has 0 aliphatic carbocycles. The summed E-state index contributed by atoms with van der Waals surface area (Å²) in [5, 5.41) is 17.4. The Hall–Kier alpha value is -2.12. The molecule has 0 atom stereocenters. The standard InChI is InChI=1S/C14H22O8/c1-10(15)21-9-14(22-11(2)16,7-3-5-12(17)18)8-4-6-13(19)20/h3-9H2,1-2H3,(H,17,18)(H,19,20). The topological polar surface area (TPSA) is 127 Å². The second-order valence-electron chi connectivity index (χ2n) is 5.05. The molecule has 0 amide bonds. The summed E-state index contributed by atoms with van der Waals surface area (Å²) in [6.07, 6.45) is 0.537. The van der Waals surface area contributed by atoms with E-state index in [1.807, 2.05) is 0 Å². The lowest BCUT2D eigenvalue weighted by Gasteiger charge is -2.32. The average Bonchev–Trinajstić information content (AvgIpc) is 2.34. The SMILES string of the molecule is CC(=O)OCC(CCCC(=O)O)(CCCC(=O)O)OC(C)=O. The molecule has 0 radical (unpaired) electrons. The van der Waals surface area contributed by atoms with Gasteiger partial charge in [0.05, 0.1) is 0 Å². The van der Waals surface area contributed by atoms with Crippen molar-refractivity contribution in [1.82, 2.24) is 0 Å². The van der Waals surface area contributed by atoms with E-state index in [1.165, 1.54) is 13.8 Å². The van der Waals surface area contributed by atoms with Crippen LogP contribution in [-0.2, 0) is 28.7 Å². The van der Waals surface area contributed by atoms with Crippen molar-refractivity contribution in [3.8, 4) is 0 Å². The molecule has 0 aliphatic rings. The van der Waals surface area contributed by atoms with Crippen molar-refractivity contribution in [3.05, 3.63) is 0 Å². The molecule has 22 heavy (non-hydrogen) atoms. The molecule has 0 heterocycles. The van der Waals surface area contributed by atoms with Crippen molar-refractivity contribution in [2.75, 3.05) is 6.61 Å². The van der Waals surface area contributed by atoms with E-state index in [-0.39, 0.29) is 45.1 Å². The molecular weight excluding hydrogens is 296 g/mol. The predicted molar refractivity (Wildman–Crippen MR) is 74.1 cm³/mol. The first-order valence-electron chi connectivity index (χ1n) is 6.93. The van der Waals surface area contributed by atoms with Crippen LogP contribution in [0.2, 0.25) is 0 Å². The van der Waals surface area contributed by atoms with Crippen LogP contribution < -0.4 is 0 Å². The van der Waals surface area contributed by atoms with Gasteiger partial charge in [0.25, 0.3) is 0 Å². The van der Waals surface area contributed by atoms with E-state index in [1.54, 1.807) is 0 Å². The number of aliphatic carboxylic acids is 2. The molecule has 2 N–H and O–H groups in total. The predicted octanol–water partition coefficient (Wildman–Crippen LogP) is 1.36. The molecule has 0 aromatic rings. The lowest BCUT2D eigenvalue weighted by Crippen LogP contribution is -2.40. The number of esters is 2. The fraction of sp³-hybridized carbons (Fsp3) is 0.714. The highest BCUT2D eigenvalue weighted by atomic mass is 16.6. The van der Waals surface area contributed by atoms with E-state index in [4.69, 9.17) is 19.7 Å². The second kappa shape index (κ2) is 9.75. The number of rotatable bonds is 11. The highest BCUT2D eigenvalue weighted by Crippen LogP contribution is 2.27. The maximum absolute atomic E-state index is 11.3. The van der Waals surface area contributed by atoms with Crippen LogP contribution in [0, 0.1) is 0 Å². The molecule has 0 aromatic heterocycles. The van der Waals surface area contributed by atoms with Gasteiger partial charge in [-0.1, -0.05) is 0 Å². The Morgan fingerprint density at radius 2 is 1.32 bits per heavy atom. The van der Waals surface area contributed by atoms with Crippen molar-refractivity contribution in [2.45, 2.75) is 58.0 Å². The highest BCUT2D eigenvalue weighted by Gasteiger charge is 2.34. The molecule has 8 heteroatoms. The molecule has 0 unspecified atom stereocenters. The van der Waals surface area contributed by atoms with E-state index in [2.05, 4.69) is 0 Å². The van der Waals surface area contributed by atoms with Gasteiger partial charge in [-0.3, -0.25) is 19.2 Å². The Kier molecular flexibility index (Phi) is 8.81. The number of ether oxygens (including phenoxy) is 2. The summed E-state index contributed by atoms with van der Waals surface area (Å²) in [6, 6.07) is 0. The van der Waals surface area contributed by atoms with Gasteiger partial charge in [-0.15, -0.1) is 0 Å². The highest BCUT2D eigenvalue weighted by molar-refractivity contribution is 5.68. The first kappa shape index (κ1) is 19.9. The normalized spacial score (nSPS) is 10.8. The summed E-state index contributed by atoms with van der Waals surface area (Å²) in [5.41, 5.74) is -1.19. The number of carboxylic acids is 2. The molecule has 0 saturated heterocycles. The fourth-order valence-corrected chi connectivity index (χ4v) is 2.06. The molecule has 0 spiro atoms. The van der Waals surface area contributed by atoms with Crippen LogP contribution in [0.1, 0.15) is 52.4 Å². The van der Waals surface area contributed by atoms with Gasteiger partial charge < -0.3 is 19.7 Å². The fourth-order valence-electron chi connectivity index (χ4n) is 2.06. The van der Waals surface area contributed by atoms with Crippen LogP contribution in [0.15, 0.2) is 0 Å². The van der Waals surface area contributed by atoms with Crippen molar-refractivity contribution in [3.63, 3.8) is 0 Å². The van der Waals surface area contributed by atoms with Gasteiger partial charge in [-0.2, -0.15) is 0 Å². The van der Waals surface area contributed by atoms with E-state index >= 15 is 0 Å². The number of hydrogen-bond acceptors (Lipinski definition) is 6. The van der Waals surface area contributed by atoms with Crippen LogP contribution >= 0.6 is 0 Å². The molecule has 0 fully saturated rings. The van der Waals surface area contributed by atoms with Gasteiger partial charge in [0.2, 0.25) is 0 Å². The molecule has 0 saturated carbocycles. The summed E-state index contributed by atoms with van der Waals surface area (Å²) >= 11 is 0. The third kappa shape index (κ3) is 9.73. The van der Waals surface area contributed by atoms with E-state index in [0.717, 1.165) is 0 Å². The summed E-state index contributed by atoms with van der Waals surface area (Å²) in [6.45, 7) is 2.17. The zero-order chi connectivity index (χ0) is 17.2. The summed E-state index contributed by atoms with van der Waals surface area (Å²) in [5.74, 6) is -3.14. The summed E-state index contributed by atoms with van der Waals surface area (Å²) in [7, 11) is 0. The van der Waals surface area contributed by atoms with Gasteiger partial charge in [0.15, 0.2) is 0 Å². The Morgan fingerprint density at radius 3 is 1.64 bits per heavy atom. The number of carbonyl (C=O) groups is 4. The van der Waals surface area contributed by atoms with Crippen LogP contribution in [0.5, 0.6) is 0 Å². The minimum atomic E-state index is -1.19. The molecular formula is C14H22O8. The Balaban J connectivity index is 4.93. The summed E-state index contributed by atoms with van der Waals surface area (Å²) < 4.78 is 10.2. The average molecular weight is 318 g/mol. The van der Waals surface area contributed by atoms with Crippen LogP contribution in [0.4, 0.5) is 0 Å². The summed E-state index contributed by atoms with van der Waals surface area (Å²) in [4.78, 5) is 43.5. The first-order valence-corrected chi connectivity index (χ1v) is 6.93. The third-order valence-corrected chi connectivity index (χ3v) is 2.94. The van der Waals surface area contributed by atoms with Gasteiger partial charge in [-0.05, 0) is 25.7 Å². The van der Waals surface area contributed by atoms with Crippen LogP contribution in [-0.4, -0.2) is 46.3 Å². The maximum Gasteiger partial charge on any atom is 0.303 e. The lowest BCUT2D eigenvalue weighted by atomic mass is 9.91. The largest absolute Gasteiger partial charge is 0.481 e. The lowest BCUT2D eigenvalue weighted by molar-refractivity contribution is -0.173. The molecule has 8 nitrogen and oxygen atoms in total. The zero-order valence-electron chi connectivity index (χ0n) is 12.8. The number of hydrogen-bond donors (Lipinski definition) is 2. The van der Waals surface area contributed by atoms with Crippen molar-refractivity contribution < 1.29 is 38.9 Å². The first-order chi connectivity index (χ1) is 10.2. The quantitative estimate of drug-likeness (QED) is 0.547. The maximum atomic E-state index is 11.3. The van der Waals surface area contributed by atoms with Crippen LogP contribution in [0.3, 0.4) is 0 Å². The minimum Gasteiger partial charge on any atom is -0.481 e. The van der Waals surface area contributed by atoms with E-state index in [9.17, 15) is 19.2 Å². The molecule has 0 rings (SSSR count). The monoisotopic (exact) mass is 318 g/mol. The van der Waals surface area contributed by atoms with E-state index in [0.29, 0.717) is 0 Å². The number of carboxylic acid groups (broad SMARTS) is 2. The van der Waals surface area contributed by atoms with Gasteiger partial charge in [-0.25, -0.2) is 0 Å². The smallest absolute Gasteiger partial charge is 0.303 e. The molecule has 0 aromatic carbocycles. The van der Waals surface area contributed by atoms with Crippen molar-refractivity contribution >= 4 is 23.9 Å². The van der Waals surface area contributed by atoms with E-state index < -0.39 is 29.5 Å². The minimum absolute atomic E-state index is 0.123. The molecule has 0 aliphatic heterocycles. The Bertz CT molecular complexity index is 395. The third-order valence-electron chi connectivity index (χ3n) is 2.94. The van der Waals surface area contributed by atoms with Gasteiger partial charge in [0.1, 0.15) is 12.2 Å². The Morgan fingerprint density at radius 1 is 0.864 bits per heavy atom. The van der Waals surface area contributed by atoms with Crippen molar-refractivity contribution in [2.24, 2.45) is 0 Å². The molecule has 0 bridgehead atoms. The second-order valence-corrected chi connectivity index (χ2v) is 5.05. The Labute approximate surface area is 128 Å². The van der Waals surface area contributed by atoms with Crippen molar-refractivity contribution in [1.29, 1.82) is 0 Å². The number of carbonyl (C=O) groups excluding carboxylic acids is 2. The molecule has 126 valence electrons. The van der Waals surface area contributed by atoms with Gasteiger partial charge in [0, 0.05) is 26.7 Å². The van der Waals surface area contributed by atoms with Crippen LogP contribution in [0.25, 0.3) is 0 Å². The van der Waals surface area contributed by atoms with Gasteiger partial charge >= 0.3 is 23.9 Å². The zero-order valence-corrected chi connectivity index (χ0v) is 12.8.